The second-order valence-electron chi connectivity index (χ2n) is 6.37. The van der Waals surface area contributed by atoms with Gasteiger partial charge in [0.25, 0.3) is 5.91 Å². The molecule has 1 heterocycles. The van der Waals surface area contributed by atoms with E-state index in [-0.39, 0.29) is 5.91 Å². The highest BCUT2D eigenvalue weighted by Crippen LogP contribution is 2.11. The molecule has 0 saturated carbocycles. The number of nitrogens with one attached hydrogen (secondary N) is 2. The lowest BCUT2D eigenvalue weighted by atomic mass is 10.1. The largest absolute Gasteiger partial charge is 0.497 e. The molecule has 1 aromatic heterocycles. The van der Waals surface area contributed by atoms with Gasteiger partial charge in [-0.2, -0.15) is 0 Å². The van der Waals surface area contributed by atoms with Crippen LogP contribution in [0.15, 0.2) is 42.6 Å². The fourth-order valence-corrected chi connectivity index (χ4v) is 2.46. The first kappa shape index (κ1) is 19.7. The summed E-state index contributed by atoms with van der Waals surface area (Å²) >= 11 is 0. The van der Waals surface area contributed by atoms with E-state index < -0.39 is 0 Å². The quantitative estimate of drug-likeness (QED) is 0.640. The van der Waals surface area contributed by atoms with Gasteiger partial charge < -0.3 is 20.3 Å². The van der Waals surface area contributed by atoms with Gasteiger partial charge in [-0.3, -0.25) is 4.79 Å². The van der Waals surface area contributed by atoms with Crippen LogP contribution in [-0.2, 0) is 6.42 Å². The van der Waals surface area contributed by atoms with Crippen molar-refractivity contribution >= 4 is 11.6 Å². The number of aromatic nitrogens is 1. The van der Waals surface area contributed by atoms with Crippen LogP contribution < -0.4 is 15.4 Å². The van der Waals surface area contributed by atoms with Crippen molar-refractivity contribution in [3.05, 3.63) is 53.9 Å². The molecular formula is C20H28N4O2. The minimum Gasteiger partial charge on any atom is -0.497 e. The first-order valence-corrected chi connectivity index (χ1v) is 8.84. The van der Waals surface area contributed by atoms with Gasteiger partial charge in [-0.25, -0.2) is 4.98 Å². The Bertz CT molecular complexity index is 669. The van der Waals surface area contributed by atoms with Crippen molar-refractivity contribution in [2.75, 3.05) is 46.2 Å². The van der Waals surface area contributed by atoms with E-state index in [0.29, 0.717) is 12.2 Å². The molecule has 1 amide bonds. The monoisotopic (exact) mass is 356 g/mol. The normalized spacial score (nSPS) is 10.6. The van der Waals surface area contributed by atoms with Crippen LogP contribution in [0.4, 0.5) is 5.69 Å². The number of benzene rings is 1. The van der Waals surface area contributed by atoms with Crippen molar-refractivity contribution < 1.29 is 9.53 Å². The highest BCUT2D eigenvalue weighted by atomic mass is 16.5. The van der Waals surface area contributed by atoms with Gasteiger partial charge in [-0.05, 0) is 63.3 Å². The number of carbonyl (C=O) groups excluding carboxylic acids is 1. The molecule has 2 N–H and O–H groups in total. The smallest absolute Gasteiger partial charge is 0.269 e. The predicted molar refractivity (Wildman–Crippen MR) is 105 cm³/mol. The van der Waals surface area contributed by atoms with Crippen LogP contribution >= 0.6 is 0 Å². The Kier molecular flexibility index (Phi) is 7.89. The van der Waals surface area contributed by atoms with Gasteiger partial charge in [-0.1, -0.05) is 12.1 Å². The Morgan fingerprint density at radius 1 is 1.12 bits per heavy atom. The van der Waals surface area contributed by atoms with Gasteiger partial charge in [0.05, 0.1) is 19.0 Å². The fraction of sp³-hybridized carbons (Fsp3) is 0.400. The minimum absolute atomic E-state index is 0.155. The summed E-state index contributed by atoms with van der Waals surface area (Å²) in [5.41, 5.74) is 2.51. The first-order valence-electron chi connectivity index (χ1n) is 8.84. The topological polar surface area (TPSA) is 66.5 Å². The van der Waals surface area contributed by atoms with Gasteiger partial charge >= 0.3 is 0 Å². The predicted octanol–water partition coefficient (Wildman–Crippen LogP) is 2.43. The molecule has 6 nitrogen and oxygen atoms in total. The van der Waals surface area contributed by atoms with E-state index in [1.165, 1.54) is 0 Å². The Morgan fingerprint density at radius 3 is 2.50 bits per heavy atom. The third-order valence-corrected chi connectivity index (χ3v) is 3.97. The number of pyridine rings is 1. The molecular weight excluding hydrogens is 328 g/mol. The molecule has 1 aromatic carbocycles. The fourth-order valence-electron chi connectivity index (χ4n) is 2.46. The SMILES string of the molecule is COc1ccc(CCNC(=O)c2ccc(NCCCN(C)C)cn2)cc1. The number of hydrogen-bond donors (Lipinski definition) is 2. The van der Waals surface area contributed by atoms with Crippen LogP contribution in [0, 0.1) is 0 Å². The third-order valence-electron chi connectivity index (χ3n) is 3.97. The molecule has 2 rings (SSSR count). The van der Waals surface area contributed by atoms with Gasteiger partial charge in [0, 0.05) is 13.1 Å². The second kappa shape index (κ2) is 10.4. The summed E-state index contributed by atoms with van der Waals surface area (Å²) in [5.74, 6) is 0.676. The Morgan fingerprint density at radius 2 is 1.88 bits per heavy atom. The van der Waals surface area contributed by atoms with E-state index in [4.69, 9.17) is 4.74 Å². The van der Waals surface area contributed by atoms with E-state index in [9.17, 15) is 4.79 Å². The Balaban J connectivity index is 1.73. The second-order valence-corrected chi connectivity index (χ2v) is 6.37. The van der Waals surface area contributed by atoms with Gasteiger partial charge in [0.1, 0.15) is 11.4 Å². The number of amides is 1. The molecule has 0 aliphatic rings. The van der Waals surface area contributed by atoms with Crippen molar-refractivity contribution in [2.45, 2.75) is 12.8 Å². The summed E-state index contributed by atoms with van der Waals surface area (Å²) in [7, 11) is 5.76. The molecule has 0 saturated heterocycles. The minimum atomic E-state index is -0.155. The number of nitrogens with zero attached hydrogens (tertiary/aromatic N) is 2. The highest BCUT2D eigenvalue weighted by molar-refractivity contribution is 5.92. The molecule has 0 atom stereocenters. The molecule has 0 bridgehead atoms. The first-order chi connectivity index (χ1) is 12.6. The summed E-state index contributed by atoms with van der Waals surface area (Å²) in [6.07, 6.45) is 3.52. The van der Waals surface area contributed by atoms with Crippen LogP contribution in [0.1, 0.15) is 22.5 Å². The van der Waals surface area contributed by atoms with E-state index in [1.54, 1.807) is 19.4 Å². The van der Waals surface area contributed by atoms with Crippen molar-refractivity contribution in [3.63, 3.8) is 0 Å². The van der Waals surface area contributed by atoms with E-state index >= 15 is 0 Å². The molecule has 0 fully saturated rings. The lowest BCUT2D eigenvalue weighted by Crippen LogP contribution is -2.26. The number of anilines is 1. The highest BCUT2D eigenvalue weighted by Gasteiger charge is 2.06. The molecule has 0 spiro atoms. The van der Waals surface area contributed by atoms with Gasteiger partial charge in [0.15, 0.2) is 0 Å². The number of rotatable bonds is 10. The summed E-state index contributed by atoms with van der Waals surface area (Å²) in [6.45, 7) is 2.49. The zero-order chi connectivity index (χ0) is 18.8. The molecule has 2 aromatic rings. The molecule has 0 unspecified atom stereocenters. The average Bonchev–Trinajstić information content (AvgIpc) is 2.66. The van der Waals surface area contributed by atoms with Crippen LogP contribution in [0.5, 0.6) is 5.75 Å². The number of carbonyl (C=O) groups is 1. The van der Waals surface area contributed by atoms with Crippen molar-refractivity contribution in [3.8, 4) is 5.75 Å². The molecule has 140 valence electrons. The van der Waals surface area contributed by atoms with E-state index in [0.717, 1.165) is 42.9 Å². The maximum atomic E-state index is 12.2. The number of hydrogen-bond acceptors (Lipinski definition) is 5. The molecule has 0 aliphatic heterocycles. The number of ether oxygens (including phenoxy) is 1. The van der Waals surface area contributed by atoms with Crippen LogP contribution in [0.2, 0.25) is 0 Å². The summed E-state index contributed by atoms with van der Waals surface area (Å²) < 4.78 is 5.14. The van der Waals surface area contributed by atoms with E-state index in [2.05, 4.69) is 34.6 Å². The lowest BCUT2D eigenvalue weighted by molar-refractivity contribution is 0.0949. The Hall–Kier alpha value is -2.60. The summed E-state index contributed by atoms with van der Waals surface area (Å²) in [5, 5.41) is 6.21. The molecule has 6 heteroatoms. The van der Waals surface area contributed by atoms with Crippen LogP contribution in [-0.4, -0.2) is 56.6 Å². The van der Waals surface area contributed by atoms with Crippen molar-refractivity contribution in [2.24, 2.45) is 0 Å². The lowest BCUT2D eigenvalue weighted by Gasteiger charge is -2.10. The Labute approximate surface area is 155 Å². The average molecular weight is 356 g/mol. The van der Waals surface area contributed by atoms with Crippen LogP contribution in [0.25, 0.3) is 0 Å². The summed E-state index contributed by atoms with van der Waals surface area (Å²) in [6, 6.07) is 11.5. The third kappa shape index (κ3) is 6.72. The van der Waals surface area contributed by atoms with E-state index in [1.807, 2.05) is 30.3 Å². The molecule has 26 heavy (non-hydrogen) atoms. The molecule has 0 aliphatic carbocycles. The zero-order valence-electron chi connectivity index (χ0n) is 15.8. The zero-order valence-corrected chi connectivity index (χ0v) is 15.8. The maximum Gasteiger partial charge on any atom is 0.269 e. The molecule has 0 radical (unpaired) electrons. The number of methoxy groups -OCH3 is 1. The van der Waals surface area contributed by atoms with Gasteiger partial charge in [0.2, 0.25) is 0 Å². The van der Waals surface area contributed by atoms with Crippen molar-refractivity contribution in [1.29, 1.82) is 0 Å². The maximum absolute atomic E-state index is 12.2. The van der Waals surface area contributed by atoms with Gasteiger partial charge in [-0.15, -0.1) is 0 Å². The standard InChI is InChI=1S/C20H28N4O2/c1-24(2)14-4-12-21-17-7-10-19(23-15-17)20(25)22-13-11-16-5-8-18(26-3)9-6-16/h5-10,15,21H,4,11-14H2,1-3H3,(H,22,25). The van der Waals surface area contributed by atoms with Crippen LogP contribution in [0.3, 0.4) is 0 Å². The van der Waals surface area contributed by atoms with Crippen molar-refractivity contribution in [1.82, 2.24) is 15.2 Å². The summed E-state index contributed by atoms with van der Waals surface area (Å²) in [4.78, 5) is 18.6.